The Kier molecular flexibility index (Phi) is 8.29. The van der Waals surface area contributed by atoms with Gasteiger partial charge in [-0.15, -0.1) is 0 Å². The molecule has 31 heavy (non-hydrogen) atoms. The molecule has 0 aromatic rings. The average molecular weight is 445 g/mol. The zero-order valence-corrected chi connectivity index (χ0v) is 19.5. The highest BCUT2D eigenvalue weighted by Gasteiger charge is 2.44. The van der Waals surface area contributed by atoms with Crippen LogP contribution >= 0.6 is 0 Å². The standard InChI is InChI=1S/C27H44F4/c1-17-7-15-22(26(30)24(17)28)20-11-8-18(9-12-20)10-13-21-14-16-23(27(31)25(21)29)19-5-3-2-4-6-19/h17-27H,2-16H2,1H3/t17?,18?,20?,21?,22?,23?,24-,25?,26?,27?/m0/s1. The van der Waals surface area contributed by atoms with Crippen LogP contribution in [0.5, 0.6) is 0 Å². The highest BCUT2D eigenvalue weighted by atomic mass is 19.2. The summed E-state index contributed by atoms with van der Waals surface area (Å²) in [7, 11) is 0. The molecule has 0 aromatic heterocycles. The number of hydrogen-bond donors (Lipinski definition) is 0. The third kappa shape index (κ3) is 5.45. The first-order chi connectivity index (χ1) is 15.0. The number of halogens is 4. The smallest absolute Gasteiger partial charge is 0.134 e. The number of hydrogen-bond acceptors (Lipinski definition) is 0. The van der Waals surface area contributed by atoms with Crippen molar-refractivity contribution in [3.8, 4) is 0 Å². The van der Waals surface area contributed by atoms with E-state index in [1.807, 2.05) is 6.92 Å². The van der Waals surface area contributed by atoms with E-state index in [0.717, 1.165) is 77.0 Å². The van der Waals surface area contributed by atoms with Crippen LogP contribution in [0.1, 0.15) is 103 Å². The van der Waals surface area contributed by atoms with Gasteiger partial charge in [0.2, 0.25) is 0 Å². The van der Waals surface area contributed by atoms with Gasteiger partial charge in [-0.1, -0.05) is 58.3 Å². The zero-order chi connectivity index (χ0) is 22.0. The molecular weight excluding hydrogens is 400 g/mol. The quantitative estimate of drug-likeness (QED) is 0.372. The van der Waals surface area contributed by atoms with Gasteiger partial charge in [-0.25, -0.2) is 17.6 Å². The van der Waals surface area contributed by atoms with Crippen molar-refractivity contribution >= 4 is 0 Å². The van der Waals surface area contributed by atoms with Crippen LogP contribution in [0.15, 0.2) is 0 Å². The summed E-state index contributed by atoms with van der Waals surface area (Å²) in [6.45, 7) is 1.83. The Hall–Kier alpha value is -0.280. The molecule has 0 N–H and O–H groups in total. The van der Waals surface area contributed by atoms with Crippen LogP contribution in [0.2, 0.25) is 0 Å². The minimum atomic E-state index is -1.30. The molecule has 0 spiro atoms. The predicted molar refractivity (Wildman–Crippen MR) is 119 cm³/mol. The molecule has 0 heterocycles. The molecule has 4 fully saturated rings. The summed E-state index contributed by atoms with van der Waals surface area (Å²) in [6.07, 6.45) is 9.86. The van der Waals surface area contributed by atoms with Gasteiger partial charge in [-0.05, 0) is 86.4 Å². The predicted octanol–water partition coefficient (Wildman–Crippen LogP) is 8.58. The number of rotatable bonds is 5. The number of alkyl halides is 4. The van der Waals surface area contributed by atoms with E-state index in [-0.39, 0.29) is 23.7 Å². The van der Waals surface area contributed by atoms with Crippen molar-refractivity contribution < 1.29 is 17.6 Å². The van der Waals surface area contributed by atoms with Crippen LogP contribution in [-0.4, -0.2) is 24.7 Å². The van der Waals surface area contributed by atoms with Crippen molar-refractivity contribution in [2.75, 3.05) is 0 Å². The highest BCUT2D eigenvalue weighted by molar-refractivity contribution is 4.93. The molecule has 0 aliphatic heterocycles. The molecule has 0 radical (unpaired) electrons. The third-order valence-electron chi connectivity index (χ3n) is 9.94. The minimum Gasteiger partial charge on any atom is -0.244 e. The Morgan fingerprint density at radius 2 is 1.10 bits per heavy atom. The van der Waals surface area contributed by atoms with Crippen molar-refractivity contribution in [3.05, 3.63) is 0 Å². The van der Waals surface area contributed by atoms with Gasteiger partial charge >= 0.3 is 0 Å². The second-order valence-electron chi connectivity index (χ2n) is 11.8. The van der Waals surface area contributed by atoms with Crippen LogP contribution in [-0.2, 0) is 0 Å². The lowest BCUT2D eigenvalue weighted by Gasteiger charge is -2.42. The monoisotopic (exact) mass is 444 g/mol. The fourth-order valence-corrected chi connectivity index (χ4v) is 7.76. The largest absolute Gasteiger partial charge is 0.244 e. The maximum absolute atomic E-state index is 15.0. The first kappa shape index (κ1) is 23.9. The summed E-state index contributed by atoms with van der Waals surface area (Å²) >= 11 is 0. The molecule has 4 rings (SSSR count). The van der Waals surface area contributed by atoms with Gasteiger partial charge in [-0.2, -0.15) is 0 Å². The van der Waals surface area contributed by atoms with Gasteiger partial charge in [0, 0.05) is 0 Å². The molecule has 4 saturated carbocycles. The Morgan fingerprint density at radius 1 is 0.516 bits per heavy atom. The molecule has 7 unspecified atom stereocenters. The summed E-state index contributed by atoms with van der Waals surface area (Å²) in [5, 5.41) is 0. The fraction of sp³-hybridized carbons (Fsp3) is 1.00. The van der Waals surface area contributed by atoms with Crippen LogP contribution < -0.4 is 0 Å². The van der Waals surface area contributed by atoms with Crippen LogP contribution in [0.4, 0.5) is 17.6 Å². The molecular formula is C27H44F4. The fourth-order valence-electron chi connectivity index (χ4n) is 7.76. The molecule has 180 valence electrons. The second kappa shape index (κ2) is 10.8. The van der Waals surface area contributed by atoms with Crippen molar-refractivity contribution in [2.24, 2.45) is 41.4 Å². The first-order valence-electron chi connectivity index (χ1n) is 13.5. The molecule has 0 amide bonds. The average Bonchev–Trinajstić information content (AvgIpc) is 2.80. The van der Waals surface area contributed by atoms with Crippen LogP contribution in [0.25, 0.3) is 0 Å². The van der Waals surface area contributed by atoms with Crippen LogP contribution in [0, 0.1) is 41.4 Å². The van der Waals surface area contributed by atoms with E-state index < -0.39 is 24.7 Å². The van der Waals surface area contributed by atoms with Gasteiger partial charge < -0.3 is 0 Å². The minimum absolute atomic E-state index is 0.0480. The maximum atomic E-state index is 15.0. The molecule has 4 heteroatoms. The third-order valence-corrected chi connectivity index (χ3v) is 9.94. The van der Waals surface area contributed by atoms with E-state index in [9.17, 15) is 17.6 Å². The summed E-state index contributed by atoms with van der Waals surface area (Å²) in [4.78, 5) is 0. The van der Waals surface area contributed by atoms with Gasteiger partial charge in [0.1, 0.15) is 24.7 Å². The Bertz CT molecular complexity index is 539. The Morgan fingerprint density at radius 3 is 1.77 bits per heavy atom. The van der Waals surface area contributed by atoms with Crippen molar-refractivity contribution in [3.63, 3.8) is 0 Å². The van der Waals surface area contributed by atoms with Gasteiger partial charge in [0.05, 0.1) is 0 Å². The SMILES string of the molecule is CC1CCC(C2CCC(CCC3CCC(C4CCCCC4)C(F)C3F)CC2)C(F)[C@H]1F. The Balaban J connectivity index is 1.19. The lowest BCUT2D eigenvalue weighted by molar-refractivity contribution is -0.0160. The topological polar surface area (TPSA) is 0 Å². The van der Waals surface area contributed by atoms with E-state index in [2.05, 4.69) is 0 Å². The molecule has 4 aliphatic carbocycles. The molecule has 4 aliphatic rings. The molecule has 0 saturated heterocycles. The first-order valence-corrected chi connectivity index (χ1v) is 13.5. The van der Waals surface area contributed by atoms with E-state index in [0.29, 0.717) is 17.8 Å². The molecule has 0 bridgehead atoms. The molecule has 0 aromatic carbocycles. The van der Waals surface area contributed by atoms with Crippen molar-refractivity contribution in [2.45, 2.75) is 128 Å². The van der Waals surface area contributed by atoms with Gasteiger partial charge in [0.25, 0.3) is 0 Å². The van der Waals surface area contributed by atoms with Gasteiger partial charge in [0.15, 0.2) is 0 Å². The normalized spacial score (nSPS) is 47.9. The Labute approximate surface area is 187 Å². The van der Waals surface area contributed by atoms with Crippen LogP contribution in [0.3, 0.4) is 0 Å². The molecule has 8 atom stereocenters. The van der Waals surface area contributed by atoms with E-state index in [1.165, 1.54) is 19.3 Å². The zero-order valence-electron chi connectivity index (χ0n) is 19.5. The van der Waals surface area contributed by atoms with E-state index in [4.69, 9.17) is 0 Å². The summed E-state index contributed by atoms with van der Waals surface area (Å²) < 4.78 is 58.6. The summed E-state index contributed by atoms with van der Waals surface area (Å²) in [5.74, 6) is 0.854. The maximum Gasteiger partial charge on any atom is 0.134 e. The van der Waals surface area contributed by atoms with Gasteiger partial charge in [-0.3, -0.25) is 0 Å². The summed E-state index contributed by atoms with van der Waals surface area (Å²) in [6, 6.07) is 0. The molecule has 0 nitrogen and oxygen atoms in total. The lowest BCUT2D eigenvalue weighted by Crippen LogP contribution is -2.42. The van der Waals surface area contributed by atoms with Crippen molar-refractivity contribution in [1.82, 2.24) is 0 Å². The van der Waals surface area contributed by atoms with E-state index in [1.54, 1.807) is 0 Å². The van der Waals surface area contributed by atoms with Crippen molar-refractivity contribution in [1.29, 1.82) is 0 Å². The van der Waals surface area contributed by atoms with E-state index >= 15 is 0 Å². The lowest BCUT2D eigenvalue weighted by atomic mass is 9.66. The summed E-state index contributed by atoms with van der Waals surface area (Å²) in [5.41, 5.74) is 0. The second-order valence-corrected chi connectivity index (χ2v) is 11.8. The highest BCUT2D eigenvalue weighted by Crippen LogP contribution is 2.47.